The van der Waals surface area contributed by atoms with Crippen LogP contribution in [0, 0.1) is 17.6 Å². The second-order valence-corrected chi connectivity index (χ2v) is 6.61. The molecular formula is C17H19F2N3O3. The zero-order valence-electron chi connectivity index (χ0n) is 13.8. The minimum atomic E-state index is -0.948. The van der Waals surface area contributed by atoms with E-state index in [2.05, 4.69) is 10.6 Å². The van der Waals surface area contributed by atoms with Crippen LogP contribution in [0.4, 0.5) is 19.3 Å². The molecule has 1 aliphatic heterocycles. The highest BCUT2D eigenvalue weighted by molar-refractivity contribution is 6.10. The Labute approximate surface area is 143 Å². The van der Waals surface area contributed by atoms with Crippen molar-refractivity contribution in [1.29, 1.82) is 0 Å². The molecule has 0 unspecified atom stereocenters. The zero-order valence-corrected chi connectivity index (χ0v) is 13.8. The molecule has 4 amide bonds. The number of hydrogen-bond acceptors (Lipinski definition) is 3. The number of imide groups is 1. The molecular weight excluding hydrogens is 332 g/mol. The maximum atomic E-state index is 13.6. The Morgan fingerprint density at radius 2 is 2.12 bits per heavy atom. The molecule has 1 aliphatic carbocycles. The van der Waals surface area contributed by atoms with Crippen molar-refractivity contribution in [2.45, 2.75) is 38.1 Å². The molecule has 1 aromatic rings. The van der Waals surface area contributed by atoms with Gasteiger partial charge in [-0.15, -0.1) is 0 Å². The van der Waals surface area contributed by atoms with Gasteiger partial charge in [0, 0.05) is 6.07 Å². The summed E-state index contributed by atoms with van der Waals surface area (Å²) in [5.74, 6) is -2.85. The quantitative estimate of drug-likeness (QED) is 0.821. The number of hydrogen-bond donors (Lipinski definition) is 2. The molecule has 1 heterocycles. The third-order valence-electron chi connectivity index (χ3n) is 5.01. The van der Waals surface area contributed by atoms with E-state index in [0.29, 0.717) is 12.5 Å². The molecule has 0 aromatic heterocycles. The van der Waals surface area contributed by atoms with Gasteiger partial charge in [0.05, 0.1) is 5.69 Å². The highest BCUT2D eigenvalue weighted by Crippen LogP contribution is 2.38. The second-order valence-electron chi connectivity index (χ2n) is 6.61. The van der Waals surface area contributed by atoms with Crippen LogP contribution in [-0.4, -0.2) is 34.8 Å². The Morgan fingerprint density at radius 1 is 1.36 bits per heavy atom. The fraction of sp³-hybridized carbons (Fsp3) is 0.471. The van der Waals surface area contributed by atoms with Gasteiger partial charge in [-0.1, -0.05) is 19.8 Å². The van der Waals surface area contributed by atoms with Gasteiger partial charge < -0.3 is 10.6 Å². The van der Waals surface area contributed by atoms with Crippen molar-refractivity contribution < 1.29 is 23.2 Å². The summed E-state index contributed by atoms with van der Waals surface area (Å²) in [6.07, 6.45) is 3.20. The first-order chi connectivity index (χ1) is 11.8. The number of carbonyl (C=O) groups is 3. The van der Waals surface area contributed by atoms with Gasteiger partial charge in [0.1, 0.15) is 23.7 Å². The number of rotatable bonds is 3. The van der Waals surface area contributed by atoms with E-state index in [4.69, 9.17) is 0 Å². The molecule has 1 spiro atoms. The van der Waals surface area contributed by atoms with E-state index in [0.717, 1.165) is 36.3 Å². The predicted octanol–water partition coefficient (Wildman–Crippen LogP) is 2.40. The highest BCUT2D eigenvalue weighted by atomic mass is 19.1. The number of benzene rings is 1. The van der Waals surface area contributed by atoms with E-state index in [9.17, 15) is 23.2 Å². The summed E-state index contributed by atoms with van der Waals surface area (Å²) >= 11 is 0. The minimum Gasteiger partial charge on any atom is -0.323 e. The lowest BCUT2D eigenvalue weighted by atomic mass is 9.73. The maximum Gasteiger partial charge on any atom is 0.325 e. The SMILES string of the molecule is C[C@@H]1CCCC[C@]12NC(=O)N(CC(=O)Nc1ccc(F)cc1F)C2=O. The van der Waals surface area contributed by atoms with Gasteiger partial charge in [-0.05, 0) is 30.9 Å². The molecule has 2 aliphatic rings. The van der Waals surface area contributed by atoms with Crippen LogP contribution in [0.3, 0.4) is 0 Å². The summed E-state index contributed by atoms with van der Waals surface area (Å²) in [4.78, 5) is 37.9. The molecule has 3 rings (SSSR count). The van der Waals surface area contributed by atoms with E-state index in [-0.39, 0.29) is 11.6 Å². The third kappa shape index (κ3) is 3.08. The maximum absolute atomic E-state index is 13.6. The summed E-state index contributed by atoms with van der Waals surface area (Å²) in [7, 11) is 0. The van der Waals surface area contributed by atoms with Crippen molar-refractivity contribution >= 4 is 23.5 Å². The zero-order chi connectivity index (χ0) is 18.2. The summed E-state index contributed by atoms with van der Waals surface area (Å²) in [5.41, 5.74) is -1.16. The Balaban J connectivity index is 1.71. The molecule has 0 bridgehead atoms. The van der Waals surface area contributed by atoms with Crippen molar-refractivity contribution in [3.8, 4) is 0 Å². The molecule has 8 heteroatoms. The largest absolute Gasteiger partial charge is 0.325 e. The molecule has 2 N–H and O–H groups in total. The molecule has 1 saturated carbocycles. The summed E-state index contributed by atoms with van der Waals surface area (Å²) in [6.45, 7) is 1.39. The van der Waals surface area contributed by atoms with Crippen LogP contribution in [-0.2, 0) is 9.59 Å². The molecule has 2 fully saturated rings. The fourth-order valence-corrected chi connectivity index (χ4v) is 3.56. The summed E-state index contributed by atoms with van der Waals surface area (Å²) < 4.78 is 26.5. The van der Waals surface area contributed by atoms with Crippen molar-refractivity contribution in [2.24, 2.45) is 5.92 Å². The average molecular weight is 351 g/mol. The minimum absolute atomic E-state index is 0.0136. The lowest BCUT2D eigenvalue weighted by Gasteiger charge is -2.36. The predicted molar refractivity (Wildman–Crippen MR) is 85.6 cm³/mol. The second kappa shape index (κ2) is 6.42. The number of anilines is 1. The third-order valence-corrected chi connectivity index (χ3v) is 5.01. The number of nitrogens with zero attached hydrogens (tertiary/aromatic N) is 1. The fourth-order valence-electron chi connectivity index (χ4n) is 3.56. The molecule has 0 radical (unpaired) electrons. The first kappa shape index (κ1) is 17.3. The first-order valence-corrected chi connectivity index (χ1v) is 8.22. The van der Waals surface area contributed by atoms with Crippen LogP contribution in [0.1, 0.15) is 32.6 Å². The first-order valence-electron chi connectivity index (χ1n) is 8.22. The van der Waals surface area contributed by atoms with E-state index in [1.54, 1.807) is 0 Å². The van der Waals surface area contributed by atoms with Crippen molar-refractivity contribution in [1.82, 2.24) is 10.2 Å². The van der Waals surface area contributed by atoms with Gasteiger partial charge in [0.2, 0.25) is 5.91 Å². The van der Waals surface area contributed by atoms with Crippen molar-refractivity contribution in [3.05, 3.63) is 29.8 Å². The van der Waals surface area contributed by atoms with E-state index in [1.807, 2.05) is 6.92 Å². The van der Waals surface area contributed by atoms with E-state index in [1.165, 1.54) is 0 Å². The lowest BCUT2D eigenvalue weighted by molar-refractivity contribution is -0.136. The summed E-state index contributed by atoms with van der Waals surface area (Å²) in [5, 5.41) is 4.99. The van der Waals surface area contributed by atoms with Gasteiger partial charge in [-0.25, -0.2) is 13.6 Å². The molecule has 2 atom stereocenters. The average Bonchev–Trinajstić information content (AvgIpc) is 2.78. The Hall–Kier alpha value is -2.51. The number of nitrogens with one attached hydrogen (secondary N) is 2. The van der Waals surface area contributed by atoms with Crippen LogP contribution in [0.15, 0.2) is 18.2 Å². The number of carbonyl (C=O) groups excluding carboxylic acids is 3. The van der Waals surface area contributed by atoms with Crippen LogP contribution >= 0.6 is 0 Å². The molecule has 6 nitrogen and oxygen atoms in total. The Kier molecular flexibility index (Phi) is 4.45. The van der Waals surface area contributed by atoms with Gasteiger partial charge in [-0.3, -0.25) is 14.5 Å². The van der Waals surface area contributed by atoms with Crippen molar-refractivity contribution in [2.75, 3.05) is 11.9 Å². The van der Waals surface area contributed by atoms with Gasteiger partial charge in [0.25, 0.3) is 5.91 Å². The molecule has 1 saturated heterocycles. The standard InChI is InChI=1S/C17H19F2N3O3/c1-10-4-2-3-7-17(10)15(24)22(16(25)21-17)9-14(23)20-13-6-5-11(18)8-12(13)19/h5-6,8,10H,2-4,7,9H2,1H3,(H,20,23)(H,21,25)/t10-,17+/m1/s1. The number of halogens is 2. The van der Waals surface area contributed by atoms with Crippen LogP contribution in [0.25, 0.3) is 0 Å². The Morgan fingerprint density at radius 3 is 2.80 bits per heavy atom. The van der Waals surface area contributed by atoms with E-state index < -0.39 is 41.6 Å². The normalized spacial score (nSPS) is 26.0. The monoisotopic (exact) mass is 351 g/mol. The smallest absolute Gasteiger partial charge is 0.323 e. The topological polar surface area (TPSA) is 78.5 Å². The summed E-state index contributed by atoms with van der Waals surface area (Å²) in [6, 6.07) is 2.11. The molecule has 134 valence electrons. The Bertz CT molecular complexity index is 740. The van der Waals surface area contributed by atoms with Crippen molar-refractivity contribution in [3.63, 3.8) is 0 Å². The lowest BCUT2D eigenvalue weighted by Crippen LogP contribution is -2.54. The van der Waals surface area contributed by atoms with E-state index >= 15 is 0 Å². The van der Waals surface area contributed by atoms with Gasteiger partial charge >= 0.3 is 6.03 Å². The van der Waals surface area contributed by atoms with Crippen LogP contribution in [0.2, 0.25) is 0 Å². The van der Waals surface area contributed by atoms with Crippen LogP contribution < -0.4 is 10.6 Å². The molecule has 25 heavy (non-hydrogen) atoms. The molecule has 1 aromatic carbocycles. The van der Waals surface area contributed by atoms with Gasteiger partial charge in [-0.2, -0.15) is 0 Å². The number of amides is 4. The van der Waals surface area contributed by atoms with Gasteiger partial charge in [0.15, 0.2) is 0 Å². The highest BCUT2D eigenvalue weighted by Gasteiger charge is 2.55. The number of urea groups is 1. The van der Waals surface area contributed by atoms with Crippen LogP contribution in [0.5, 0.6) is 0 Å².